The summed E-state index contributed by atoms with van der Waals surface area (Å²) in [4.78, 5) is 14.5. The lowest BCUT2D eigenvalue weighted by atomic mass is 9.95. The molecule has 6 heteroatoms. The first kappa shape index (κ1) is 18.2. The highest BCUT2D eigenvalue weighted by molar-refractivity contribution is 5.92. The molecule has 3 N–H and O–H groups in total. The molecule has 0 unspecified atom stereocenters. The molecule has 0 aromatic heterocycles. The fraction of sp³-hybridized carbons (Fsp3) is 0.350. The first-order valence-corrected chi connectivity index (χ1v) is 8.65. The maximum atomic E-state index is 12.4. The highest BCUT2D eigenvalue weighted by atomic mass is 16.5. The molecule has 0 bridgehead atoms. The Balaban J connectivity index is 1.59. The Kier molecular flexibility index (Phi) is 5.75. The van der Waals surface area contributed by atoms with Crippen molar-refractivity contribution < 1.29 is 14.3 Å². The molecule has 3 rings (SSSR count). The van der Waals surface area contributed by atoms with Gasteiger partial charge in [0.2, 0.25) is 5.91 Å². The van der Waals surface area contributed by atoms with Gasteiger partial charge in [0.25, 0.3) is 0 Å². The number of likely N-dealkylation sites (tertiary alicyclic amines) is 1. The van der Waals surface area contributed by atoms with Crippen molar-refractivity contribution in [2.45, 2.75) is 12.0 Å². The Bertz CT molecular complexity index is 751. The number of nitrogens with one attached hydrogen (secondary N) is 1. The molecule has 1 aliphatic rings. The SMILES string of the molecule is COc1ccc(NC(=O)CN2C[C@@H](N)[C@H](c3ccccc3)C2)cc1OC. The minimum atomic E-state index is -0.0712. The van der Waals surface area contributed by atoms with E-state index in [1.807, 2.05) is 18.2 Å². The molecule has 0 aliphatic carbocycles. The Morgan fingerprint density at radius 3 is 2.54 bits per heavy atom. The van der Waals surface area contributed by atoms with E-state index in [1.165, 1.54) is 5.56 Å². The molecule has 1 fully saturated rings. The fourth-order valence-corrected chi connectivity index (χ4v) is 3.41. The van der Waals surface area contributed by atoms with Crippen molar-refractivity contribution in [3.63, 3.8) is 0 Å². The van der Waals surface area contributed by atoms with Crippen molar-refractivity contribution >= 4 is 11.6 Å². The van der Waals surface area contributed by atoms with Gasteiger partial charge in [-0.2, -0.15) is 0 Å². The lowest BCUT2D eigenvalue weighted by Crippen LogP contribution is -2.33. The predicted octanol–water partition coefficient (Wildman–Crippen LogP) is 2.07. The number of nitrogens with zero attached hydrogens (tertiary/aromatic N) is 1. The van der Waals surface area contributed by atoms with Gasteiger partial charge in [0, 0.05) is 36.8 Å². The molecule has 138 valence electrons. The van der Waals surface area contributed by atoms with Gasteiger partial charge in [-0.1, -0.05) is 30.3 Å². The largest absolute Gasteiger partial charge is 0.493 e. The Morgan fingerprint density at radius 2 is 1.85 bits per heavy atom. The van der Waals surface area contributed by atoms with Crippen molar-refractivity contribution in [2.75, 3.05) is 39.2 Å². The highest BCUT2D eigenvalue weighted by Gasteiger charge is 2.31. The molecule has 1 amide bonds. The van der Waals surface area contributed by atoms with Gasteiger partial charge in [0.15, 0.2) is 11.5 Å². The van der Waals surface area contributed by atoms with E-state index in [2.05, 4.69) is 22.3 Å². The van der Waals surface area contributed by atoms with Crippen LogP contribution in [0.3, 0.4) is 0 Å². The van der Waals surface area contributed by atoms with E-state index >= 15 is 0 Å². The fourth-order valence-electron chi connectivity index (χ4n) is 3.41. The van der Waals surface area contributed by atoms with Crippen molar-refractivity contribution in [2.24, 2.45) is 5.73 Å². The second-order valence-electron chi connectivity index (χ2n) is 6.49. The van der Waals surface area contributed by atoms with Gasteiger partial charge < -0.3 is 20.5 Å². The molecular formula is C20H25N3O3. The molecule has 2 aromatic carbocycles. The quantitative estimate of drug-likeness (QED) is 0.830. The summed E-state index contributed by atoms with van der Waals surface area (Å²) in [5.41, 5.74) is 8.20. The second-order valence-corrected chi connectivity index (χ2v) is 6.49. The van der Waals surface area contributed by atoms with Crippen LogP contribution in [0.2, 0.25) is 0 Å². The van der Waals surface area contributed by atoms with E-state index in [0.717, 1.165) is 6.54 Å². The van der Waals surface area contributed by atoms with E-state index in [4.69, 9.17) is 15.2 Å². The molecule has 0 radical (unpaired) electrons. The molecular weight excluding hydrogens is 330 g/mol. The molecule has 1 aliphatic heterocycles. The first-order valence-electron chi connectivity index (χ1n) is 8.65. The number of benzene rings is 2. The summed E-state index contributed by atoms with van der Waals surface area (Å²) in [6.45, 7) is 1.80. The molecule has 0 spiro atoms. The van der Waals surface area contributed by atoms with Crippen LogP contribution in [0.25, 0.3) is 0 Å². The Hall–Kier alpha value is -2.57. The average molecular weight is 355 g/mol. The van der Waals surface area contributed by atoms with Crippen LogP contribution in [-0.2, 0) is 4.79 Å². The van der Waals surface area contributed by atoms with E-state index < -0.39 is 0 Å². The van der Waals surface area contributed by atoms with Crippen molar-refractivity contribution in [1.29, 1.82) is 0 Å². The van der Waals surface area contributed by atoms with Gasteiger partial charge in [-0.25, -0.2) is 0 Å². The number of methoxy groups -OCH3 is 2. The molecule has 1 heterocycles. The van der Waals surface area contributed by atoms with Crippen LogP contribution in [-0.4, -0.2) is 50.7 Å². The van der Waals surface area contributed by atoms with Gasteiger partial charge in [-0.15, -0.1) is 0 Å². The number of nitrogens with two attached hydrogens (primary N) is 1. The molecule has 2 atom stereocenters. The summed E-state index contributed by atoms with van der Waals surface area (Å²) < 4.78 is 10.5. The Morgan fingerprint density at radius 1 is 1.12 bits per heavy atom. The minimum Gasteiger partial charge on any atom is -0.493 e. The van der Waals surface area contributed by atoms with Crippen molar-refractivity contribution in [3.8, 4) is 11.5 Å². The number of hydrogen-bond acceptors (Lipinski definition) is 5. The maximum Gasteiger partial charge on any atom is 0.238 e. The minimum absolute atomic E-state index is 0.0336. The molecule has 2 aromatic rings. The monoisotopic (exact) mass is 355 g/mol. The predicted molar refractivity (Wildman–Crippen MR) is 102 cm³/mol. The van der Waals surface area contributed by atoms with Crippen LogP contribution in [0.5, 0.6) is 11.5 Å². The smallest absolute Gasteiger partial charge is 0.238 e. The summed E-state index contributed by atoms with van der Waals surface area (Å²) in [6.07, 6.45) is 0. The number of hydrogen-bond donors (Lipinski definition) is 2. The maximum absolute atomic E-state index is 12.4. The summed E-state index contributed by atoms with van der Waals surface area (Å²) in [5.74, 6) is 1.39. The zero-order chi connectivity index (χ0) is 18.5. The third-order valence-electron chi connectivity index (χ3n) is 4.70. The first-order chi connectivity index (χ1) is 12.6. The summed E-state index contributed by atoms with van der Waals surface area (Å²) >= 11 is 0. The number of carbonyl (C=O) groups excluding carboxylic acids is 1. The zero-order valence-corrected chi connectivity index (χ0v) is 15.1. The van der Waals surface area contributed by atoms with E-state index in [0.29, 0.717) is 30.3 Å². The van der Waals surface area contributed by atoms with Crippen LogP contribution >= 0.6 is 0 Å². The lowest BCUT2D eigenvalue weighted by Gasteiger charge is -2.16. The molecule has 1 saturated heterocycles. The van der Waals surface area contributed by atoms with E-state index in [1.54, 1.807) is 32.4 Å². The van der Waals surface area contributed by atoms with Crippen LogP contribution in [0.4, 0.5) is 5.69 Å². The number of amides is 1. The standard InChI is InChI=1S/C20H25N3O3/c1-25-18-9-8-15(10-19(18)26-2)22-20(24)13-23-11-16(17(21)12-23)14-6-4-3-5-7-14/h3-10,16-17H,11-13,21H2,1-2H3,(H,22,24)/t16-,17+/m0/s1. The summed E-state index contributed by atoms with van der Waals surface area (Å²) in [6, 6.07) is 15.6. The van der Waals surface area contributed by atoms with Crippen LogP contribution in [0.1, 0.15) is 11.5 Å². The third-order valence-corrected chi connectivity index (χ3v) is 4.70. The van der Waals surface area contributed by atoms with Crippen LogP contribution in [0, 0.1) is 0 Å². The summed E-state index contributed by atoms with van der Waals surface area (Å²) in [7, 11) is 3.15. The topological polar surface area (TPSA) is 76.8 Å². The van der Waals surface area contributed by atoms with E-state index in [9.17, 15) is 4.79 Å². The van der Waals surface area contributed by atoms with Gasteiger partial charge in [-0.3, -0.25) is 9.69 Å². The zero-order valence-electron chi connectivity index (χ0n) is 15.1. The average Bonchev–Trinajstić information content (AvgIpc) is 3.02. The number of anilines is 1. The van der Waals surface area contributed by atoms with Gasteiger partial charge >= 0.3 is 0 Å². The van der Waals surface area contributed by atoms with Crippen LogP contribution in [0.15, 0.2) is 48.5 Å². The molecule has 26 heavy (non-hydrogen) atoms. The normalized spacial score (nSPS) is 20.0. The third kappa shape index (κ3) is 4.15. The Labute approximate surface area is 153 Å². The number of ether oxygens (including phenoxy) is 2. The number of carbonyl (C=O) groups is 1. The van der Waals surface area contributed by atoms with Gasteiger partial charge in [-0.05, 0) is 17.7 Å². The van der Waals surface area contributed by atoms with Crippen molar-refractivity contribution in [1.82, 2.24) is 4.90 Å². The lowest BCUT2D eigenvalue weighted by molar-refractivity contribution is -0.117. The highest BCUT2D eigenvalue weighted by Crippen LogP contribution is 2.30. The molecule has 6 nitrogen and oxygen atoms in total. The van der Waals surface area contributed by atoms with E-state index in [-0.39, 0.29) is 17.9 Å². The van der Waals surface area contributed by atoms with Crippen molar-refractivity contribution in [3.05, 3.63) is 54.1 Å². The van der Waals surface area contributed by atoms with Crippen LogP contribution < -0.4 is 20.5 Å². The summed E-state index contributed by atoms with van der Waals surface area (Å²) in [5, 5.41) is 2.91. The molecule has 0 saturated carbocycles. The number of rotatable bonds is 6. The second kappa shape index (κ2) is 8.21. The van der Waals surface area contributed by atoms with Gasteiger partial charge in [0.05, 0.1) is 20.8 Å². The van der Waals surface area contributed by atoms with Gasteiger partial charge in [0.1, 0.15) is 0 Å².